The monoisotopic (exact) mass is 755 g/mol. The molecule has 11 aromatic rings. The molecule has 0 unspecified atom stereocenters. The summed E-state index contributed by atoms with van der Waals surface area (Å²) in [6.45, 7) is 0. The van der Waals surface area contributed by atoms with Gasteiger partial charge >= 0.3 is 0 Å². The molecule has 0 saturated carbocycles. The highest BCUT2D eigenvalue weighted by atomic mass is 16.3. The van der Waals surface area contributed by atoms with Gasteiger partial charge in [-0.15, -0.1) is 0 Å². The highest BCUT2D eigenvalue weighted by Gasteiger charge is 2.16. The number of benzene rings is 7. The average molecular weight is 756 g/mol. The molecular weight excluding hydrogens is 723 g/mol. The summed E-state index contributed by atoms with van der Waals surface area (Å²) in [4.78, 5) is 24.5. The first-order valence-electron chi connectivity index (χ1n) is 19.6. The first kappa shape index (κ1) is 34.2. The minimum atomic E-state index is 0.616. The lowest BCUT2D eigenvalue weighted by molar-refractivity contribution is 0.670. The Morgan fingerprint density at radius 3 is 1.46 bits per heavy atom. The average Bonchev–Trinajstić information content (AvgIpc) is 3.71. The molecule has 276 valence electrons. The molecule has 4 aromatic heterocycles. The van der Waals surface area contributed by atoms with Crippen LogP contribution in [-0.4, -0.2) is 24.9 Å². The number of fused-ring (bicyclic) bond motifs is 5. The molecule has 11 rings (SSSR count). The van der Waals surface area contributed by atoms with Gasteiger partial charge in [0.15, 0.2) is 23.1 Å². The number of nitrogens with zero attached hydrogens (tertiary/aromatic N) is 5. The number of para-hydroxylation sites is 1. The van der Waals surface area contributed by atoms with E-state index < -0.39 is 0 Å². The second-order valence-corrected chi connectivity index (χ2v) is 14.5. The Balaban J connectivity index is 0.930. The Labute approximate surface area is 340 Å². The van der Waals surface area contributed by atoms with E-state index in [0.717, 1.165) is 88.6 Å². The van der Waals surface area contributed by atoms with Crippen molar-refractivity contribution in [3.63, 3.8) is 0 Å². The van der Waals surface area contributed by atoms with E-state index >= 15 is 0 Å². The van der Waals surface area contributed by atoms with Crippen molar-refractivity contribution < 1.29 is 4.42 Å². The van der Waals surface area contributed by atoms with Gasteiger partial charge in [0.25, 0.3) is 0 Å². The quantitative estimate of drug-likeness (QED) is 0.161. The van der Waals surface area contributed by atoms with E-state index in [1.54, 1.807) is 0 Å². The second-order valence-electron chi connectivity index (χ2n) is 14.5. The molecule has 6 heteroatoms. The topological polar surface area (TPSA) is 77.6 Å². The first-order chi connectivity index (χ1) is 29.2. The Kier molecular flexibility index (Phi) is 8.37. The summed E-state index contributed by atoms with van der Waals surface area (Å²) < 4.78 is 6.30. The van der Waals surface area contributed by atoms with Gasteiger partial charge in [0.05, 0.1) is 17.4 Å². The Hall–Kier alpha value is -8.09. The standard InChI is InChI=1S/C53H33N5O/c1-3-12-34(13-4-1)35-24-26-37(27-25-35)52-56-51(36-14-5-2-6-15-36)57-53(58-52)43-21-11-19-41(30-43)39-17-9-16-38(28-39)40-18-10-20-42(29-40)48-31-45-46-32-54-47-23-8-7-22-44(47)50(46)59-49(45)33-55-48/h1-33H. The van der Waals surface area contributed by atoms with E-state index in [-0.39, 0.29) is 0 Å². The van der Waals surface area contributed by atoms with Gasteiger partial charge in [-0.2, -0.15) is 0 Å². The third-order valence-electron chi connectivity index (χ3n) is 10.8. The van der Waals surface area contributed by atoms with Gasteiger partial charge in [-0.3, -0.25) is 9.97 Å². The van der Waals surface area contributed by atoms with E-state index in [1.165, 1.54) is 5.56 Å². The fraction of sp³-hybridized carbons (Fsp3) is 0. The number of hydrogen-bond acceptors (Lipinski definition) is 6. The SMILES string of the molecule is c1ccc(-c2ccc(-c3nc(-c4ccccc4)nc(-c4cccc(-c5cccc(-c6cccc(-c7cc8c(cn7)oc7c9ccccc9ncc87)c6)c5)c4)n3)cc2)cc1. The zero-order chi connectivity index (χ0) is 39.1. The largest absolute Gasteiger partial charge is 0.454 e. The zero-order valence-electron chi connectivity index (χ0n) is 31.7. The number of rotatable bonds is 7. The van der Waals surface area contributed by atoms with Crippen molar-refractivity contribution in [2.75, 3.05) is 0 Å². The minimum absolute atomic E-state index is 0.616. The van der Waals surface area contributed by atoms with Crippen molar-refractivity contribution in [3.05, 3.63) is 200 Å². The molecule has 0 N–H and O–H groups in total. The Morgan fingerprint density at radius 1 is 0.305 bits per heavy atom. The highest BCUT2D eigenvalue weighted by Crippen LogP contribution is 2.36. The molecule has 0 fully saturated rings. The van der Waals surface area contributed by atoms with Crippen LogP contribution < -0.4 is 0 Å². The van der Waals surface area contributed by atoms with Crippen molar-refractivity contribution in [3.8, 4) is 78.8 Å². The van der Waals surface area contributed by atoms with Crippen LogP contribution in [0.4, 0.5) is 0 Å². The molecule has 0 saturated heterocycles. The molecule has 0 bridgehead atoms. The Morgan fingerprint density at radius 2 is 0.780 bits per heavy atom. The molecule has 6 nitrogen and oxygen atoms in total. The zero-order valence-corrected chi connectivity index (χ0v) is 31.7. The summed E-state index contributed by atoms with van der Waals surface area (Å²) >= 11 is 0. The van der Waals surface area contributed by atoms with Gasteiger partial charge in [-0.1, -0.05) is 152 Å². The van der Waals surface area contributed by atoms with Crippen LogP contribution in [0.25, 0.3) is 112 Å². The van der Waals surface area contributed by atoms with Gasteiger partial charge in [0.2, 0.25) is 0 Å². The van der Waals surface area contributed by atoms with E-state index in [1.807, 2.05) is 73.1 Å². The van der Waals surface area contributed by atoms with Crippen molar-refractivity contribution in [1.29, 1.82) is 0 Å². The van der Waals surface area contributed by atoms with Crippen LogP contribution in [0.3, 0.4) is 0 Å². The smallest absolute Gasteiger partial charge is 0.164 e. The third kappa shape index (κ3) is 6.49. The molecular formula is C53H33N5O. The predicted molar refractivity (Wildman–Crippen MR) is 238 cm³/mol. The highest BCUT2D eigenvalue weighted by molar-refractivity contribution is 6.14. The van der Waals surface area contributed by atoms with Gasteiger partial charge in [-0.05, 0) is 69.8 Å². The molecule has 0 atom stereocenters. The number of furan rings is 1. The van der Waals surface area contributed by atoms with Gasteiger partial charge in [-0.25, -0.2) is 15.0 Å². The maximum absolute atomic E-state index is 6.30. The van der Waals surface area contributed by atoms with Crippen LogP contribution in [0, 0.1) is 0 Å². The van der Waals surface area contributed by atoms with Gasteiger partial charge in [0.1, 0.15) is 5.58 Å². The van der Waals surface area contributed by atoms with E-state index in [2.05, 4.69) is 127 Å². The summed E-state index contributed by atoms with van der Waals surface area (Å²) in [5.41, 5.74) is 13.8. The maximum Gasteiger partial charge on any atom is 0.164 e. The molecule has 4 heterocycles. The van der Waals surface area contributed by atoms with Crippen molar-refractivity contribution in [1.82, 2.24) is 24.9 Å². The van der Waals surface area contributed by atoms with E-state index in [4.69, 9.17) is 29.3 Å². The fourth-order valence-corrected chi connectivity index (χ4v) is 7.79. The number of pyridine rings is 2. The maximum atomic E-state index is 6.30. The molecule has 0 amide bonds. The lowest BCUT2D eigenvalue weighted by atomic mass is 9.96. The van der Waals surface area contributed by atoms with Crippen LogP contribution in [-0.2, 0) is 0 Å². The molecule has 59 heavy (non-hydrogen) atoms. The summed E-state index contributed by atoms with van der Waals surface area (Å²) in [6.07, 6.45) is 3.72. The second kappa shape index (κ2) is 14.4. The molecule has 0 radical (unpaired) electrons. The van der Waals surface area contributed by atoms with Crippen LogP contribution in [0.5, 0.6) is 0 Å². The minimum Gasteiger partial charge on any atom is -0.454 e. The predicted octanol–water partition coefficient (Wildman–Crippen LogP) is 13.4. The summed E-state index contributed by atoms with van der Waals surface area (Å²) in [5.74, 6) is 1.87. The van der Waals surface area contributed by atoms with Crippen molar-refractivity contribution >= 4 is 32.8 Å². The number of hydrogen-bond donors (Lipinski definition) is 0. The lowest BCUT2D eigenvalue weighted by Crippen LogP contribution is -2.00. The molecule has 0 aliphatic heterocycles. The molecule has 0 aliphatic rings. The summed E-state index contributed by atoms with van der Waals surface area (Å²) in [6, 6.07) is 64.6. The van der Waals surface area contributed by atoms with E-state index in [0.29, 0.717) is 17.5 Å². The van der Waals surface area contributed by atoms with Crippen LogP contribution in [0.2, 0.25) is 0 Å². The fourth-order valence-electron chi connectivity index (χ4n) is 7.79. The van der Waals surface area contributed by atoms with Gasteiger partial charge < -0.3 is 4.42 Å². The first-order valence-corrected chi connectivity index (χ1v) is 19.6. The van der Waals surface area contributed by atoms with Crippen LogP contribution in [0.15, 0.2) is 205 Å². The lowest BCUT2D eigenvalue weighted by Gasteiger charge is -2.11. The normalized spacial score (nSPS) is 11.4. The van der Waals surface area contributed by atoms with Crippen LogP contribution >= 0.6 is 0 Å². The molecule has 7 aromatic carbocycles. The van der Waals surface area contributed by atoms with E-state index in [9.17, 15) is 0 Å². The summed E-state index contributed by atoms with van der Waals surface area (Å²) in [7, 11) is 0. The third-order valence-corrected chi connectivity index (χ3v) is 10.8. The number of aromatic nitrogens is 5. The van der Waals surface area contributed by atoms with Crippen molar-refractivity contribution in [2.45, 2.75) is 0 Å². The molecule has 0 spiro atoms. The summed E-state index contributed by atoms with van der Waals surface area (Å²) in [5, 5.41) is 2.98. The van der Waals surface area contributed by atoms with Crippen LogP contribution in [0.1, 0.15) is 0 Å². The Bertz CT molecular complexity index is 3320. The molecule has 0 aliphatic carbocycles. The van der Waals surface area contributed by atoms with Crippen molar-refractivity contribution in [2.24, 2.45) is 0 Å². The van der Waals surface area contributed by atoms with Gasteiger partial charge in [0, 0.05) is 44.6 Å².